The third kappa shape index (κ3) is 3.43. The van der Waals surface area contributed by atoms with Crippen LogP contribution in [0.2, 0.25) is 0 Å². The molecule has 1 heterocycles. The lowest BCUT2D eigenvalue weighted by molar-refractivity contribution is -0.138. The number of H-pyrrole nitrogens is 2. The Bertz CT molecular complexity index is 631. The summed E-state index contributed by atoms with van der Waals surface area (Å²) in [5.74, 6) is -1.01. The van der Waals surface area contributed by atoms with E-state index in [4.69, 9.17) is 10.8 Å². The first-order valence-corrected chi connectivity index (χ1v) is 5.96. The van der Waals surface area contributed by atoms with E-state index in [0.717, 1.165) is 23.0 Å². The summed E-state index contributed by atoms with van der Waals surface area (Å²) in [6.45, 7) is 0.861. The normalized spacial score (nSPS) is 12.7. The number of benzene rings is 1. The third-order valence-electron chi connectivity index (χ3n) is 2.85. The summed E-state index contributed by atoms with van der Waals surface area (Å²) in [6.07, 6.45) is 0.732. The van der Waals surface area contributed by atoms with Crippen LogP contribution < -0.4 is 16.7 Å². The number of fused-ring (bicyclic) bond motifs is 1. The van der Waals surface area contributed by atoms with Gasteiger partial charge in [0.2, 0.25) is 0 Å². The molecule has 6 N–H and O–H groups in total. The van der Waals surface area contributed by atoms with Crippen molar-refractivity contribution in [3.63, 3.8) is 0 Å². The van der Waals surface area contributed by atoms with Crippen LogP contribution in [0.3, 0.4) is 0 Å². The molecule has 0 aliphatic rings. The lowest BCUT2D eigenvalue weighted by Gasteiger charge is -2.08. The number of rotatable bonds is 6. The number of aliphatic carboxylic acids is 1. The highest BCUT2D eigenvalue weighted by molar-refractivity contribution is 5.75. The molecule has 7 nitrogen and oxygen atoms in total. The quantitative estimate of drug-likeness (QED) is 0.446. The van der Waals surface area contributed by atoms with Gasteiger partial charge in [-0.25, -0.2) is 4.79 Å². The number of aromatic amines is 2. The monoisotopic (exact) mass is 264 g/mol. The smallest absolute Gasteiger partial charge is 0.323 e. The van der Waals surface area contributed by atoms with Gasteiger partial charge in [0.1, 0.15) is 6.04 Å². The van der Waals surface area contributed by atoms with Crippen molar-refractivity contribution in [2.45, 2.75) is 12.5 Å². The van der Waals surface area contributed by atoms with Crippen molar-refractivity contribution in [1.82, 2.24) is 15.3 Å². The lowest BCUT2D eigenvalue weighted by atomic mass is 10.1. The van der Waals surface area contributed by atoms with Gasteiger partial charge in [-0.3, -0.25) is 4.79 Å². The van der Waals surface area contributed by atoms with E-state index >= 15 is 0 Å². The van der Waals surface area contributed by atoms with Crippen molar-refractivity contribution < 1.29 is 9.90 Å². The topological polar surface area (TPSA) is 124 Å². The molecule has 19 heavy (non-hydrogen) atoms. The molecule has 0 spiro atoms. The molecular weight excluding hydrogens is 248 g/mol. The Balaban J connectivity index is 1.88. The van der Waals surface area contributed by atoms with E-state index in [0.29, 0.717) is 6.54 Å². The van der Waals surface area contributed by atoms with Crippen LogP contribution in [-0.2, 0) is 11.2 Å². The molecule has 1 aromatic carbocycles. The number of hydrogen-bond acceptors (Lipinski definition) is 4. The van der Waals surface area contributed by atoms with Gasteiger partial charge in [0.25, 0.3) is 0 Å². The molecule has 2 rings (SSSR count). The highest BCUT2D eigenvalue weighted by Crippen LogP contribution is 2.10. The van der Waals surface area contributed by atoms with Gasteiger partial charge in [0.15, 0.2) is 0 Å². The van der Waals surface area contributed by atoms with Crippen LogP contribution in [0.25, 0.3) is 11.0 Å². The van der Waals surface area contributed by atoms with E-state index in [1.54, 1.807) is 0 Å². The SMILES string of the molecule is NC(CNCCc1ccc2[nH]c(=O)[nH]c2c1)C(=O)O. The zero-order chi connectivity index (χ0) is 13.8. The fourth-order valence-corrected chi connectivity index (χ4v) is 1.81. The maximum absolute atomic E-state index is 11.1. The zero-order valence-corrected chi connectivity index (χ0v) is 10.3. The molecule has 1 unspecified atom stereocenters. The summed E-state index contributed by atoms with van der Waals surface area (Å²) in [5.41, 5.74) is 7.74. The summed E-state index contributed by atoms with van der Waals surface area (Å²) in [4.78, 5) is 27.0. The molecule has 0 fully saturated rings. The van der Waals surface area contributed by atoms with Gasteiger partial charge in [-0.15, -0.1) is 0 Å². The van der Waals surface area contributed by atoms with Gasteiger partial charge in [0, 0.05) is 6.54 Å². The number of aromatic nitrogens is 2. The predicted molar refractivity (Wildman–Crippen MR) is 71.1 cm³/mol. The molecule has 102 valence electrons. The molecule has 0 saturated heterocycles. The van der Waals surface area contributed by atoms with Crippen molar-refractivity contribution in [1.29, 1.82) is 0 Å². The average Bonchev–Trinajstić information content (AvgIpc) is 2.73. The van der Waals surface area contributed by atoms with E-state index in [-0.39, 0.29) is 12.2 Å². The predicted octanol–water partition coefficient (Wildman–Crippen LogP) is -0.600. The van der Waals surface area contributed by atoms with Crippen molar-refractivity contribution in [3.8, 4) is 0 Å². The van der Waals surface area contributed by atoms with Gasteiger partial charge in [-0.05, 0) is 30.7 Å². The summed E-state index contributed by atoms with van der Waals surface area (Å²) < 4.78 is 0. The van der Waals surface area contributed by atoms with Crippen molar-refractivity contribution >= 4 is 17.0 Å². The second-order valence-corrected chi connectivity index (χ2v) is 4.36. The average molecular weight is 264 g/mol. The molecule has 0 saturated carbocycles. The first kappa shape index (κ1) is 13.3. The van der Waals surface area contributed by atoms with Gasteiger partial charge in [0.05, 0.1) is 11.0 Å². The van der Waals surface area contributed by atoms with Crippen molar-refractivity contribution in [3.05, 3.63) is 34.2 Å². The Morgan fingerprint density at radius 1 is 1.37 bits per heavy atom. The van der Waals surface area contributed by atoms with Crippen molar-refractivity contribution in [2.75, 3.05) is 13.1 Å². The second-order valence-electron chi connectivity index (χ2n) is 4.36. The maximum atomic E-state index is 11.1. The van der Waals surface area contributed by atoms with Crippen molar-refractivity contribution in [2.24, 2.45) is 5.73 Å². The fourth-order valence-electron chi connectivity index (χ4n) is 1.81. The van der Waals surface area contributed by atoms with Crippen LogP contribution in [0.5, 0.6) is 0 Å². The van der Waals surface area contributed by atoms with E-state index < -0.39 is 12.0 Å². The van der Waals surface area contributed by atoms with Crippen LogP contribution in [-0.4, -0.2) is 40.2 Å². The largest absolute Gasteiger partial charge is 0.480 e. The molecule has 0 radical (unpaired) electrons. The Morgan fingerprint density at radius 2 is 2.11 bits per heavy atom. The number of hydrogen-bond donors (Lipinski definition) is 5. The van der Waals surface area contributed by atoms with Crippen LogP contribution in [0, 0.1) is 0 Å². The van der Waals surface area contributed by atoms with Crippen LogP contribution >= 0.6 is 0 Å². The second kappa shape index (κ2) is 5.68. The lowest BCUT2D eigenvalue weighted by Crippen LogP contribution is -2.40. The van der Waals surface area contributed by atoms with Gasteiger partial charge in [-0.1, -0.05) is 6.07 Å². The first-order chi connectivity index (χ1) is 9.06. The van der Waals surface area contributed by atoms with Crippen LogP contribution in [0.4, 0.5) is 0 Å². The molecule has 0 amide bonds. The Kier molecular flexibility index (Phi) is 3.98. The number of carbonyl (C=O) groups is 1. The maximum Gasteiger partial charge on any atom is 0.323 e. The summed E-state index contributed by atoms with van der Waals surface area (Å²) in [6, 6.07) is 4.77. The molecule has 1 atom stereocenters. The molecule has 2 aromatic rings. The first-order valence-electron chi connectivity index (χ1n) is 5.96. The summed E-state index contributed by atoms with van der Waals surface area (Å²) in [7, 11) is 0. The van der Waals surface area contributed by atoms with Gasteiger partial charge >= 0.3 is 11.7 Å². The molecule has 0 aliphatic carbocycles. The summed E-state index contributed by atoms with van der Waals surface area (Å²) >= 11 is 0. The van der Waals surface area contributed by atoms with Gasteiger partial charge < -0.3 is 26.1 Å². The van der Waals surface area contributed by atoms with E-state index in [1.165, 1.54) is 0 Å². The Labute approximate surface area is 108 Å². The number of nitrogens with one attached hydrogen (secondary N) is 3. The number of nitrogens with two attached hydrogens (primary N) is 1. The zero-order valence-electron chi connectivity index (χ0n) is 10.3. The van der Waals surface area contributed by atoms with E-state index in [1.807, 2.05) is 18.2 Å². The van der Waals surface area contributed by atoms with Crippen LogP contribution in [0.1, 0.15) is 5.56 Å². The molecule has 7 heteroatoms. The molecule has 0 aliphatic heterocycles. The van der Waals surface area contributed by atoms with E-state index in [9.17, 15) is 9.59 Å². The fraction of sp³-hybridized carbons (Fsp3) is 0.333. The van der Waals surface area contributed by atoms with E-state index in [2.05, 4.69) is 15.3 Å². The Morgan fingerprint density at radius 3 is 2.84 bits per heavy atom. The standard InChI is InChI=1S/C12H16N4O3/c13-8(11(17)18)6-14-4-3-7-1-2-9-10(5-7)16-12(19)15-9/h1-2,5,8,14H,3-4,6,13H2,(H,17,18)(H2,15,16,19). The third-order valence-corrected chi connectivity index (χ3v) is 2.85. The number of carboxylic acid groups (broad SMARTS) is 1. The minimum atomic E-state index is -1.01. The Hall–Kier alpha value is -2.12. The minimum Gasteiger partial charge on any atom is -0.480 e. The minimum absolute atomic E-state index is 0.224. The highest BCUT2D eigenvalue weighted by atomic mass is 16.4. The van der Waals surface area contributed by atoms with Gasteiger partial charge in [-0.2, -0.15) is 0 Å². The number of imidazole rings is 1. The molecular formula is C12H16N4O3. The molecule has 0 bridgehead atoms. The number of carboxylic acids is 1. The highest BCUT2D eigenvalue weighted by Gasteiger charge is 2.09. The van der Waals surface area contributed by atoms with Crippen LogP contribution in [0.15, 0.2) is 23.0 Å². The summed E-state index contributed by atoms with van der Waals surface area (Å²) in [5, 5.41) is 11.6. The molecule has 1 aromatic heterocycles.